The fourth-order valence-electron chi connectivity index (χ4n) is 2.93. The molecule has 29 heavy (non-hydrogen) atoms. The molecule has 0 aliphatic heterocycles. The van der Waals surface area contributed by atoms with E-state index >= 15 is 0 Å². The molecule has 152 valence electrons. The summed E-state index contributed by atoms with van der Waals surface area (Å²) in [6.07, 6.45) is 0. The lowest BCUT2D eigenvalue weighted by molar-refractivity contribution is 0.0946. The number of amides is 1. The summed E-state index contributed by atoms with van der Waals surface area (Å²) in [6.45, 7) is 6.57. The molecule has 0 aliphatic rings. The Balaban J connectivity index is 1.77. The molecule has 7 nitrogen and oxygen atoms in total. The number of halogens is 1. The summed E-state index contributed by atoms with van der Waals surface area (Å²) < 4.78 is 12.5. The number of methoxy groups -OCH3 is 1. The Morgan fingerprint density at radius 1 is 1.17 bits per heavy atom. The second kappa shape index (κ2) is 8.96. The van der Waals surface area contributed by atoms with Crippen LogP contribution in [0.4, 0.5) is 0 Å². The lowest BCUT2D eigenvalue weighted by Gasteiger charge is -2.12. The zero-order valence-corrected chi connectivity index (χ0v) is 17.6. The first kappa shape index (κ1) is 20.7. The van der Waals surface area contributed by atoms with Crippen LogP contribution in [0, 0.1) is 13.8 Å². The standard InChI is InChI=1S/C21H23ClN4O3/c1-5-29-17-8-6-15(11-18(17)28-4)12-23-21(27)20-16(22)7-9-19(24-20)26-14(3)10-13(2)25-26/h6-11H,5,12H2,1-4H3,(H,23,27). The molecule has 0 unspecified atom stereocenters. The number of rotatable bonds is 7. The molecule has 0 saturated carbocycles. The smallest absolute Gasteiger partial charge is 0.271 e. The second-order valence-electron chi connectivity index (χ2n) is 6.44. The summed E-state index contributed by atoms with van der Waals surface area (Å²) in [5.41, 5.74) is 2.80. The van der Waals surface area contributed by atoms with Crippen molar-refractivity contribution in [3.05, 3.63) is 64.1 Å². The van der Waals surface area contributed by atoms with Gasteiger partial charge >= 0.3 is 0 Å². The maximum atomic E-state index is 12.7. The van der Waals surface area contributed by atoms with Crippen LogP contribution < -0.4 is 14.8 Å². The molecule has 8 heteroatoms. The van der Waals surface area contributed by atoms with Gasteiger partial charge < -0.3 is 14.8 Å². The van der Waals surface area contributed by atoms with Crippen molar-refractivity contribution in [2.75, 3.05) is 13.7 Å². The third-order valence-corrected chi connectivity index (χ3v) is 4.56. The number of nitrogens with zero attached hydrogens (tertiary/aromatic N) is 3. The van der Waals surface area contributed by atoms with Crippen molar-refractivity contribution in [3.63, 3.8) is 0 Å². The fraction of sp³-hybridized carbons (Fsp3) is 0.286. The summed E-state index contributed by atoms with van der Waals surface area (Å²) in [6, 6.07) is 10.8. The average molecular weight is 415 g/mol. The summed E-state index contributed by atoms with van der Waals surface area (Å²) in [4.78, 5) is 17.1. The third-order valence-electron chi connectivity index (χ3n) is 4.25. The van der Waals surface area contributed by atoms with E-state index in [0.717, 1.165) is 17.0 Å². The highest BCUT2D eigenvalue weighted by Crippen LogP contribution is 2.28. The van der Waals surface area contributed by atoms with Crippen molar-refractivity contribution >= 4 is 17.5 Å². The predicted octanol–water partition coefficient (Wildman–Crippen LogP) is 3.87. The van der Waals surface area contributed by atoms with Crippen molar-refractivity contribution in [1.29, 1.82) is 0 Å². The Morgan fingerprint density at radius 2 is 1.97 bits per heavy atom. The van der Waals surface area contributed by atoms with E-state index in [1.54, 1.807) is 23.9 Å². The normalized spacial score (nSPS) is 10.7. The Hall–Kier alpha value is -3.06. The number of hydrogen-bond donors (Lipinski definition) is 1. The Kier molecular flexibility index (Phi) is 6.39. The zero-order chi connectivity index (χ0) is 21.0. The highest BCUT2D eigenvalue weighted by molar-refractivity contribution is 6.33. The lowest BCUT2D eigenvalue weighted by Crippen LogP contribution is -2.24. The molecule has 1 aromatic carbocycles. The van der Waals surface area contributed by atoms with Crippen LogP contribution >= 0.6 is 11.6 Å². The minimum atomic E-state index is -0.369. The van der Waals surface area contributed by atoms with Crippen LogP contribution in [0.3, 0.4) is 0 Å². The van der Waals surface area contributed by atoms with Gasteiger partial charge in [-0.15, -0.1) is 0 Å². The highest BCUT2D eigenvalue weighted by Gasteiger charge is 2.15. The zero-order valence-electron chi connectivity index (χ0n) is 16.8. The number of pyridine rings is 1. The molecule has 1 N–H and O–H groups in total. The Labute approximate surface area is 174 Å². The van der Waals surface area contributed by atoms with E-state index in [1.165, 1.54) is 0 Å². The van der Waals surface area contributed by atoms with Gasteiger partial charge in [-0.2, -0.15) is 5.10 Å². The first-order valence-electron chi connectivity index (χ1n) is 9.21. The molecule has 0 aliphatic carbocycles. The van der Waals surface area contributed by atoms with Crippen molar-refractivity contribution in [1.82, 2.24) is 20.1 Å². The monoisotopic (exact) mass is 414 g/mol. The summed E-state index contributed by atoms with van der Waals surface area (Å²) in [5.74, 6) is 1.44. The van der Waals surface area contributed by atoms with E-state index in [-0.39, 0.29) is 16.6 Å². The molecule has 2 heterocycles. The minimum Gasteiger partial charge on any atom is -0.493 e. The van der Waals surface area contributed by atoms with Crippen molar-refractivity contribution in [3.8, 4) is 17.3 Å². The number of hydrogen-bond acceptors (Lipinski definition) is 5. The van der Waals surface area contributed by atoms with E-state index < -0.39 is 0 Å². The summed E-state index contributed by atoms with van der Waals surface area (Å²) in [5, 5.41) is 7.52. The van der Waals surface area contributed by atoms with Crippen molar-refractivity contribution in [2.24, 2.45) is 0 Å². The second-order valence-corrected chi connectivity index (χ2v) is 6.85. The number of carbonyl (C=O) groups is 1. The molecule has 3 aromatic rings. The van der Waals surface area contributed by atoms with Crippen LogP contribution in [0.15, 0.2) is 36.4 Å². The number of aryl methyl sites for hydroxylation is 2. The highest BCUT2D eigenvalue weighted by atomic mass is 35.5. The van der Waals surface area contributed by atoms with Gasteiger partial charge in [0.05, 0.1) is 24.4 Å². The van der Waals surface area contributed by atoms with E-state index in [9.17, 15) is 4.79 Å². The van der Waals surface area contributed by atoms with Crippen molar-refractivity contribution < 1.29 is 14.3 Å². The topological polar surface area (TPSA) is 78.3 Å². The van der Waals surface area contributed by atoms with E-state index in [4.69, 9.17) is 21.1 Å². The first-order chi connectivity index (χ1) is 13.9. The average Bonchev–Trinajstić information content (AvgIpc) is 3.05. The largest absolute Gasteiger partial charge is 0.493 e. The maximum Gasteiger partial charge on any atom is 0.271 e. The number of ether oxygens (including phenoxy) is 2. The van der Waals surface area contributed by atoms with Gasteiger partial charge in [-0.1, -0.05) is 17.7 Å². The van der Waals surface area contributed by atoms with Gasteiger partial charge in [0.2, 0.25) is 0 Å². The van der Waals surface area contributed by atoms with Gasteiger partial charge in [-0.25, -0.2) is 9.67 Å². The maximum absolute atomic E-state index is 12.7. The molecule has 1 amide bonds. The van der Waals surface area contributed by atoms with Crippen LogP contribution in [0.5, 0.6) is 11.5 Å². The Morgan fingerprint density at radius 3 is 2.62 bits per heavy atom. The number of carbonyl (C=O) groups excluding carboxylic acids is 1. The summed E-state index contributed by atoms with van der Waals surface area (Å²) in [7, 11) is 1.58. The molecular weight excluding hydrogens is 392 g/mol. The van der Waals surface area contributed by atoms with E-state index in [2.05, 4.69) is 15.4 Å². The molecule has 0 radical (unpaired) electrons. The molecule has 2 aromatic heterocycles. The molecule has 0 saturated heterocycles. The Bertz CT molecular complexity index is 1030. The van der Waals surface area contributed by atoms with Gasteiger partial charge in [-0.3, -0.25) is 4.79 Å². The molecule has 0 bridgehead atoms. The van der Waals surface area contributed by atoms with Gasteiger partial charge in [0.1, 0.15) is 5.69 Å². The van der Waals surface area contributed by atoms with Crippen LogP contribution in [0.2, 0.25) is 5.02 Å². The summed E-state index contributed by atoms with van der Waals surface area (Å²) >= 11 is 6.22. The minimum absolute atomic E-state index is 0.148. The van der Waals surface area contributed by atoms with Crippen LogP contribution in [0.25, 0.3) is 5.82 Å². The van der Waals surface area contributed by atoms with Crippen LogP contribution in [0.1, 0.15) is 34.4 Å². The van der Waals surface area contributed by atoms with E-state index in [0.29, 0.717) is 30.5 Å². The van der Waals surface area contributed by atoms with Crippen LogP contribution in [-0.4, -0.2) is 34.4 Å². The molecule has 3 rings (SSSR count). The predicted molar refractivity (Wildman–Crippen MR) is 111 cm³/mol. The molecular formula is C21H23ClN4O3. The van der Waals surface area contributed by atoms with E-state index in [1.807, 2.05) is 45.0 Å². The molecule has 0 fully saturated rings. The molecule has 0 spiro atoms. The lowest BCUT2D eigenvalue weighted by atomic mass is 10.2. The van der Waals surface area contributed by atoms with Crippen molar-refractivity contribution in [2.45, 2.75) is 27.3 Å². The van der Waals surface area contributed by atoms with Gasteiger partial charge in [-0.05, 0) is 56.7 Å². The van der Waals surface area contributed by atoms with Gasteiger partial charge in [0.25, 0.3) is 5.91 Å². The van der Waals surface area contributed by atoms with Gasteiger partial charge in [0, 0.05) is 12.2 Å². The van der Waals surface area contributed by atoms with Gasteiger partial charge in [0.15, 0.2) is 17.3 Å². The SMILES string of the molecule is CCOc1ccc(CNC(=O)c2nc(-n3nc(C)cc3C)ccc2Cl)cc1OC. The number of nitrogens with one attached hydrogen (secondary N) is 1. The first-order valence-corrected chi connectivity index (χ1v) is 9.58. The number of aromatic nitrogens is 3. The number of benzene rings is 1. The fourth-order valence-corrected chi connectivity index (χ4v) is 3.12. The third kappa shape index (κ3) is 4.68. The van der Waals surface area contributed by atoms with Crippen LogP contribution in [-0.2, 0) is 6.54 Å². The molecule has 0 atom stereocenters. The quantitative estimate of drug-likeness (QED) is 0.634.